The van der Waals surface area contributed by atoms with E-state index < -0.39 is 5.97 Å². The highest BCUT2D eigenvalue weighted by Crippen LogP contribution is 2.21. The van der Waals surface area contributed by atoms with Crippen molar-refractivity contribution < 1.29 is 14.7 Å². The maximum Gasteiger partial charge on any atom is 0.303 e. The summed E-state index contributed by atoms with van der Waals surface area (Å²) in [6.07, 6.45) is 0.190. The van der Waals surface area contributed by atoms with Gasteiger partial charge in [-0.25, -0.2) is 0 Å². The molecule has 0 spiro atoms. The van der Waals surface area contributed by atoms with Gasteiger partial charge in [-0.15, -0.1) is 0 Å². The summed E-state index contributed by atoms with van der Waals surface area (Å²) in [4.78, 5) is 24.5. The van der Waals surface area contributed by atoms with Gasteiger partial charge in [0.2, 0.25) is 5.91 Å². The van der Waals surface area contributed by atoms with E-state index >= 15 is 0 Å². The van der Waals surface area contributed by atoms with E-state index in [4.69, 9.17) is 5.11 Å². The van der Waals surface area contributed by atoms with Crippen LogP contribution in [-0.4, -0.2) is 41.5 Å². The number of anilines is 1. The van der Waals surface area contributed by atoms with Gasteiger partial charge in [-0.1, -0.05) is 18.2 Å². The van der Waals surface area contributed by atoms with Crippen LogP contribution in [0.15, 0.2) is 18.2 Å². The Kier molecular flexibility index (Phi) is 4.39. The number of hydrogen-bond acceptors (Lipinski definition) is 3. The van der Waals surface area contributed by atoms with Gasteiger partial charge >= 0.3 is 5.97 Å². The normalized spacial score (nSPS) is 15.7. The molecule has 2 N–H and O–H groups in total. The van der Waals surface area contributed by atoms with Gasteiger partial charge in [-0.3, -0.25) is 14.5 Å². The number of nitrogens with zero attached hydrogens (tertiary/aromatic N) is 1. The molecule has 0 aromatic heterocycles. The van der Waals surface area contributed by atoms with Crippen LogP contribution >= 0.6 is 0 Å². The average Bonchev–Trinajstić information content (AvgIpc) is 2.31. The van der Waals surface area contributed by atoms with Crippen LogP contribution in [-0.2, 0) is 9.59 Å². The van der Waals surface area contributed by atoms with Gasteiger partial charge in [0, 0.05) is 18.8 Å². The third-order valence-corrected chi connectivity index (χ3v) is 3.61. The number of likely N-dealkylation sites (tertiary alicyclic amines) is 1. The number of para-hydroxylation sites is 1. The summed E-state index contributed by atoms with van der Waals surface area (Å²) in [5.41, 5.74) is 2.97. The third kappa shape index (κ3) is 3.57. The predicted octanol–water partition coefficient (Wildman–Crippen LogP) is 1.65. The Bertz CT molecular complexity index is 502. The van der Waals surface area contributed by atoms with Crippen molar-refractivity contribution in [3.63, 3.8) is 0 Å². The Morgan fingerprint density at radius 1 is 1.30 bits per heavy atom. The molecule has 1 aromatic carbocycles. The SMILES string of the molecule is Cc1cccc(C)c1NC(=O)CN1CC(CC(=O)O)C1. The lowest BCUT2D eigenvalue weighted by Gasteiger charge is -2.37. The van der Waals surface area contributed by atoms with Gasteiger partial charge in [-0.2, -0.15) is 0 Å². The first-order chi connectivity index (χ1) is 9.45. The Balaban J connectivity index is 1.81. The molecule has 0 atom stereocenters. The molecule has 1 fully saturated rings. The van der Waals surface area contributed by atoms with Crippen LogP contribution in [0, 0.1) is 19.8 Å². The van der Waals surface area contributed by atoms with Gasteiger partial charge in [0.15, 0.2) is 0 Å². The van der Waals surface area contributed by atoms with Crippen molar-refractivity contribution in [3.05, 3.63) is 29.3 Å². The number of nitrogens with one attached hydrogen (secondary N) is 1. The first-order valence-corrected chi connectivity index (χ1v) is 6.76. The van der Waals surface area contributed by atoms with Crippen LogP contribution in [0.2, 0.25) is 0 Å². The smallest absolute Gasteiger partial charge is 0.303 e. The molecule has 2 rings (SSSR count). The number of carbonyl (C=O) groups is 2. The quantitative estimate of drug-likeness (QED) is 0.858. The predicted molar refractivity (Wildman–Crippen MR) is 76.7 cm³/mol. The van der Waals surface area contributed by atoms with E-state index in [0.717, 1.165) is 16.8 Å². The summed E-state index contributed by atoms with van der Waals surface area (Å²) in [6.45, 7) is 5.63. The highest BCUT2D eigenvalue weighted by Gasteiger charge is 2.29. The largest absolute Gasteiger partial charge is 0.481 e. The molecule has 0 bridgehead atoms. The summed E-state index contributed by atoms with van der Waals surface area (Å²) in [7, 11) is 0. The third-order valence-electron chi connectivity index (χ3n) is 3.61. The zero-order valence-electron chi connectivity index (χ0n) is 11.8. The fourth-order valence-electron chi connectivity index (χ4n) is 2.58. The van der Waals surface area contributed by atoms with Gasteiger partial charge in [0.25, 0.3) is 0 Å². The lowest BCUT2D eigenvalue weighted by molar-refractivity contribution is -0.139. The summed E-state index contributed by atoms with van der Waals surface area (Å²) in [5, 5.41) is 11.6. The summed E-state index contributed by atoms with van der Waals surface area (Å²) in [5.74, 6) is -0.633. The van der Waals surface area contributed by atoms with Crippen molar-refractivity contribution in [2.45, 2.75) is 20.3 Å². The van der Waals surface area contributed by atoms with E-state index in [9.17, 15) is 9.59 Å². The molecule has 0 aliphatic carbocycles. The Morgan fingerprint density at radius 3 is 2.45 bits per heavy atom. The monoisotopic (exact) mass is 276 g/mol. The molecule has 0 unspecified atom stereocenters. The molecule has 20 heavy (non-hydrogen) atoms. The van der Waals surface area contributed by atoms with Crippen LogP contribution < -0.4 is 5.32 Å². The lowest BCUT2D eigenvalue weighted by Crippen LogP contribution is -2.50. The van der Waals surface area contributed by atoms with E-state index in [0.29, 0.717) is 19.6 Å². The van der Waals surface area contributed by atoms with E-state index in [1.807, 2.05) is 36.9 Å². The summed E-state index contributed by atoms with van der Waals surface area (Å²) in [6, 6.07) is 5.90. The maximum atomic E-state index is 12.0. The molecule has 0 radical (unpaired) electrons. The van der Waals surface area contributed by atoms with Gasteiger partial charge in [0.05, 0.1) is 13.0 Å². The van der Waals surface area contributed by atoms with Gasteiger partial charge in [0.1, 0.15) is 0 Å². The number of hydrogen-bond donors (Lipinski definition) is 2. The zero-order valence-corrected chi connectivity index (χ0v) is 11.8. The molecule has 1 heterocycles. The highest BCUT2D eigenvalue weighted by atomic mass is 16.4. The molecule has 0 saturated carbocycles. The Hall–Kier alpha value is -1.88. The second-order valence-electron chi connectivity index (χ2n) is 5.47. The van der Waals surface area contributed by atoms with Gasteiger partial charge < -0.3 is 10.4 Å². The van der Waals surface area contributed by atoms with Crippen molar-refractivity contribution in [2.24, 2.45) is 5.92 Å². The number of aliphatic carboxylic acids is 1. The van der Waals surface area contributed by atoms with Crippen LogP contribution in [0.25, 0.3) is 0 Å². The molecule has 1 aliphatic rings. The van der Waals surface area contributed by atoms with Crippen LogP contribution in [0.1, 0.15) is 17.5 Å². The number of carbonyl (C=O) groups excluding carboxylic acids is 1. The average molecular weight is 276 g/mol. The number of carboxylic acid groups (broad SMARTS) is 1. The molecule has 108 valence electrons. The first-order valence-electron chi connectivity index (χ1n) is 6.76. The van der Waals surface area contributed by atoms with Crippen LogP contribution in [0.3, 0.4) is 0 Å². The second-order valence-corrected chi connectivity index (χ2v) is 5.47. The molecule has 1 amide bonds. The topological polar surface area (TPSA) is 69.6 Å². The van der Waals surface area contributed by atoms with Crippen molar-refractivity contribution >= 4 is 17.6 Å². The van der Waals surface area contributed by atoms with E-state index in [2.05, 4.69) is 5.32 Å². The standard InChI is InChI=1S/C15H20N2O3/c1-10-4-3-5-11(2)15(10)16-13(18)9-17-7-12(8-17)6-14(19)20/h3-5,12H,6-9H2,1-2H3,(H,16,18)(H,19,20). The van der Waals surface area contributed by atoms with E-state index in [1.54, 1.807) is 0 Å². The van der Waals surface area contributed by atoms with Crippen LogP contribution in [0.5, 0.6) is 0 Å². The van der Waals surface area contributed by atoms with Crippen molar-refractivity contribution in [3.8, 4) is 0 Å². The molecule has 5 nitrogen and oxygen atoms in total. The number of rotatable bonds is 5. The molecule has 1 aliphatic heterocycles. The minimum atomic E-state index is -0.769. The van der Waals surface area contributed by atoms with Crippen molar-refractivity contribution in [2.75, 3.05) is 25.0 Å². The lowest BCUT2D eigenvalue weighted by atomic mass is 9.96. The first kappa shape index (κ1) is 14.5. The van der Waals surface area contributed by atoms with Crippen molar-refractivity contribution in [1.29, 1.82) is 0 Å². The van der Waals surface area contributed by atoms with E-state index in [-0.39, 0.29) is 18.2 Å². The van der Waals surface area contributed by atoms with Crippen molar-refractivity contribution in [1.82, 2.24) is 4.90 Å². The second kappa shape index (κ2) is 6.05. The number of benzene rings is 1. The molecule has 1 saturated heterocycles. The highest BCUT2D eigenvalue weighted by molar-refractivity contribution is 5.93. The fourth-order valence-corrected chi connectivity index (χ4v) is 2.58. The Morgan fingerprint density at radius 2 is 1.90 bits per heavy atom. The molecular weight excluding hydrogens is 256 g/mol. The number of aryl methyl sites for hydroxylation is 2. The summed E-state index contributed by atoms with van der Waals surface area (Å²) >= 11 is 0. The molecule has 1 aromatic rings. The summed E-state index contributed by atoms with van der Waals surface area (Å²) < 4.78 is 0. The molecule has 5 heteroatoms. The Labute approximate surface area is 118 Å². The maximum absolute atomic E-state index is 12.0. The minimum Gasteiger partial charge on any atom is -0.481 e. The van der Waals surface area contributed by atoms with Crippen LogP contribution in [0.4, 0.5) is 5.69 Å². The minimum absolute atomic E-state index is 0.0452. The fraction of sp³-hybridized carbons (Fsp3) is 0.467. The zero-order chi connectivity index (χ0) is 14.7. The molecular formula is C15H20N2O3. The van der Waals surface area contributed by atoms with E-state index in [1.165, 1.54) is 0 Å². The van der Waals surface area contributed by atoms with Gasteiger partial charge in [-0.05, 0) is 30.9 Å². The number of amides is 1. The number of carboxylic acids is 1.